The minimum Gasteiger partial charge on any atom is -0.456 e. The fourth-order valence-corrected chi connectivity index (χ4v) is 10.6. The predicted octanol–water partition coefficient (Wildman–Crippen LogP) is 15.3. The lowest BCUT2D eigenvalue weighted by atomic mass is 9.94. The first-order valence-electron chi connectivity index (χ1n) is 19.7. The van der Waals surface area contributed by atoms with Gasteiger partial charge in [0.15, 0.2) is 5.82 Å². The summed E-state index contributed by atoms with van der Waals surface area (Å²) in [5, 5.41) is 10.7. The van der Waals surface area contributed by atoms with E-state index in [0.29, 0.717) is 0 Å². The second kappa shape index (κ2) is 13.5. The first-order chi connectivity index (χ1) is 28.2. The molecular formula is C51H37N3OS2. The number of rotatable bonds is 4. The zero-order valence-electron chi connectivity index (χ0n) is 31.8. The largest absolute Gasteiger partial charge is 0.456 e. The van der Waals surface area contributed by atoms with E-state index in [1.54, 1.807) is 11.3 Å². The Kier molecular flexibility index (Phi) is 8.05. The number of hydrogen-bond donors (Lipinski definition) is 0. The SMILES string of the molecule is CC.CSc1cc2c3c4ccccc4c4ccccc4c3n(-c3nc4c(nc3-c3ccc5c(c3)oc3ccccc35)sc3ccccc34)c2cc1C1=CC=CCC1. The van der Waals surface area contributed by atoms with E-state index < -0.39 is 0 Å². The van der Waals surface area contributed by atoms with Crippen LogP contribution in [0.5, 0.6) is 0 Å². The lowest BCUT2D eigenvalue weighted by Gasteiger charge is -2.16. The quantitative estimate of drug-likeness (QED) is 0.132. The molecule has 0 N–H and O–H groups in total. The Bertz CT molecular complexity index is 3490. The Balaban J connectivity index is 0.00000184. The van der Waals surface area contributed by atoms with Crippen LogP contribution < -0.4 is 0 Å². The van der Waals surface area contributed by atoms with Crippen molar-refractivity contribution in [3.63, 3.8) is 0 Å². The summed E-state index contributed by atoms with van der Waals surface area (Å²) < 4.78 is 10.1. The molecule has 274 valence electrons. The van der Waals surface area contributed by atoms with E-state index in [9.17, 15) is 0 Å². The molecule has 4 nitrogen and oxygen atoms in total. The molecule has 0 unspecified atom stereocenters. The Morgan fingerprint density at radius 3 is 2.16 bits per heavy atom. The molecule has 1 aliphatic carbocycles. The van der Waals surface area contributed by atoms with Crippen molar-refractivity contribution in [3.8, 4) is 17.1 Å². The van der Waals surface area contributed by atoms with Crippen LogP contribution in [0.4, 0.5) is 0 Å². The molecule has 11 aromatic rings. The van der Waals surface area contributed by atoms with Gasteiger partial charge in [-0.1, -0.05) is 123 Å². The Morgan fingerprint density at radius 1 is 0.667 bits per heavy atom. The van der Waals surface area contributed by atoms with Crippen LogP contribution in [-0.4, -0.2) is 20.8 Å². The second-order valence-corrected chi connectivity index (χ2v) is 16.2. The summed E-state index contributed by atoms with van der Waals surface area (Å²) in [5.41, 5.74) is 9.34. The van der Waals surface area contributed by atoms with Gasteiger partial charge in [0.05, 0.1) is 11.0 Å². The highest BCUT2D eigenvalue weighted by Crippen LogP contribution is 2.47. The van der Waals surface area contributed by atoms with Crippen molar-refractivity contribution < 1.29 is 4.42 Å². The lowest BCUT2D eigenvalue weighted by molar-refractivity contribution is 0.669. The summed E-state index contributed by atoms with van der Waals surface area (Å²) in [5.74, 6) is 0.812. The van der Waals surface area contributed by atoms with Crippen LogP contribution in [0.3, 0.4) is 0 Å². The molecule has 0 saturated carbocycles. The van der Waals surface area contributed by atoms with Crippen LogP contribution in [0, 0.1) is 0 Å². The molecule has 57 heavy (non-hydrogen) atoms. The second-order valence-electron chi connectivity index (χ2n) is 14.3. The highest BCUT2D eigenvalue weighted by Gasteiger charge is 2.26. The van der Waals surface area contributed by atoms with Gasteiger partial charge in [-0.25, -0.2) is 9.97 Å². The number of para-hydroxylation sites is 1. The molecular weight excluding hydrogens is 735 g/mol. The molecule has 0 radical (unpaired) electrons. The Labute approximate surface area is 337 Å². The van der Waals surface area contributed by atoms with E-state index in [2.05, 4.69) is 144 Å². The first kappa shape index (κ1) is 34.1. The third kappa shape index (κ3) is 5.14. The maximum absolute atomic E-state index is 6.47. The van der Waals surface area contributed by atoms with Gasteiger partial charge in [0.1, 0.15) is 27.2 Å². The molecule has 4 heterocycles. The van der Waals surface area contributed by atoms with Gasteiger partial charge in [-0.2, -0.15) is 0 Å². The number of allylic oxidation sites excluding steroid dienone is 4. The average molecular weight is 772 g/mol. The molecule has 7 aromatic carbocycles. The van der Waals surface area contributed by atoms with E-state index in [1.807, 2.05) is 37.7 Å². The molecule has 0 amide bonds. The smallest absolute Gasteiger partial charge is 0.165 e. The van der Waals surface area contributed by atoms with Gasteiger partial charge in [0.2, 0.25) is 0 Å². The van der Waals surface area contributed by atoms with E-state index in [0.717, 1.165) is 78.6 Å². The number of fused-ring (bicyclic) bond motifs is 14. The molecule has 4 aromatic heterocycles. The summed E-state index contributed by atoms with van der Waals surface area (Å²) in [4.78, 5) is 13.5. The lowest BCUT2D eigenvalue weighted by Crippen LogP contribution is -2.04. The van der Waals surface area contributed by atoms with Crippen molar-refractivity contribution in [2.45, 2.75) is 31.6 Å². The summed E-state index contributed by atoms with van der Waals surface area (Å²) in [7, 11) is 0. The third-order valence-electron chi connectivity index (χ3n) is 11.4. The fraction of sp³-hybridized carbons (Fsp3) is 0.0980. The van der Waals surface area contributed by atoms with E-state index in [1.165, 1.54) is 53.0 Å². The third-order valence-corrected chi connectivity index (χ3v) is 13.2. The van der Waals surface area contributed by atoms with Gasteiger partial charge in [-0.3, -0.25) is 4.57 Å². The van der Waals surface area contributed by atoms with Crippen LogP contribution in [-0.2, 0) is 0 Å². The van der Waals surface area contributed by atoms with Gasteiger partial charge in [0.25, 0.3) is 0 Å². The maximum atomic E-state index is 6.47. The Morgan fingerprint density at radius 2 is 1.37 bits per heavy atom. The molecule has 6 heteroatoms. The van der Waals surface area contributed by atoms with E-state index in [-0.39, 0.29) is 0 Å². The molecule has 0 atom stereocenters. The molecule has 0 fully saturated rings. The van der Waals surface area contributed by atoms with Crippen molar-refractivity contribution in [2.75, 3.05) is 6.26 Å². The molecule has 0 spiro atoms. The van der Waals surface area contributed by atoms with Crippen molar-refractivity contribution in [1.29, 1.82) is 0 Å². The fourth-order valence-electron chi connectivity index (χ4n) is 8.90. The van der Waals surface area contributed by atoms with Gasteiger partial charge < -0.3 is 4.42 Å². The number of nitrogens with zero attached hydrogens (tertiary/aromatic N) is 3. The minimum absolute atomic E-state index is 0.812. The van der Waals surface area contributed by atoms with Gasteiger partial charge in [-0.05, 0) is 82.8 Å². The normalized spacial score (nSPS) is 13.1. The molecule has 0 aliphatic heterocycles. The van der Waals surface area contributed by atoms with Crippen LogP contribution in [0.15, 0.2) is 155 Å². The van der Waals surface area contributed by atoms with E-state index in [4.69, 9.17) is 14.4 Å². The Hall–Kier alpha value is -6.21. The number of aromatic nitrogens is 3. The van der Waals surface area contributed by atoms with Crippen molar-refractivity contribution >= 4 is 114 Å². The van der Waals surface area contributed by atoms with Gasteiger partial charge in [0, 0.05) is 47.5 Å². The first-order valence-corrected chi connectivity index (χ1v) is 21.7. The number of furan rings is 1. The summed E-state index contributed by atoms with van der Waals surface area (Å²) in [6.07, 6.45) is 11.0. The zero-order valence-corrected chi connectivity index (χ0v) is 33.5. The van der Waals surface area contributed by atoms with Crippen molar-refractivity contribution in [1.82, 2.24) is 14.5 Å². The van der Waals surface area contributed by atoms with Gasteiger partial charge in [-0.15, -0.1) is 23.1 Å². The summed E-state index contributed by atoms with van der Waals surface area (Å²) in [6, 6.07) is 45.9. The molecule has 0 saturated heterocycles. The number of thioether (sulfide) groups is 1. The number of hydrogen-bond acceptors (Lipinski definition) is 5. The van der Waals surface area contributed by atoms with Crippen LogP contribution in [0.2, 0.25) is 0 Å². The summed E-state index contributed by atoms with van der Waals surface area (Å²) >= 11 is 3.52. The van der Waals surface area contributed by atoms with Crippen LogP contribution >= 0.6 is 23.1 Å². The summed E-state index contributed by atoms with van der Waals surface area (Å²) in [6.45, 7) is 4.00. The monoisotopic (exact) mass is 771 g/mol. The molecule has 0 bridgehead atoms. The van der Waals surface area contributed by atoms with Crippen molar-refractivity contribution in [3.05, 3.63) is 151 Å². The van der Waals surface area contributed by atoms with E-state index >= 15 is 0 Å². The molecule has 1 aliphatic rings. The minimum atomic E-state index is 0.812. The highest BCUT2D eigenvalue weighted by atomic mass is 32.2. The number of benzene rings is 7. The van der Waals surface area contributed by atoms with Crippen LogP contribution in [0.25, 0.3) is 108 Å². The average Bonchev–Trinajstić information content (AvgIpc) is 3.95. The topological polar surface area (TPSA) is 43.9 Å². The molecule has 12 rings (SSSR count). The van der Waals surface area contributed by atoms with Gasteiger partial charge >= 0.3 is 0 Å². The van der Waals surface area contributed by atoms with Crippen molar-refractivity contribution in [2.24, 2.45) is 0 Å². The standard InChI is InChI=1S/C49H31N3OS2.C2H6/c1-54-43-27-38-39(26-37(43)28-13-3-2-4-14-28)52(47-35-19-8-6-16-31(35)30-15-5-7-18-34(30)44(38)47)48-45(51-49-46(50-48)36-20-10-12-22-42(36)55-49)29-23-24-33-32-17-9-11-21-40(32)53-41(33)25-29;1-2/h2-3,5-13,15-27H,4,14H2,1H3;1-2H3. The highest BCUT2D eigenvalue weighted by molar-refractivity contribution is 7.98. The zero-order chi connectivity index (χ0) is 38.2. The number of thiophene rings is 1. The van der Waals surface area contributed by atoms with Crippen LogP contribution in [0.1, 0.15) is 32.3 Å². The maximum Gasteiger partial charge on any atom is 0.165 e. The predicted molar refractivity (Wildman–Crippen MR) is 246 cm³/mol.